The van der Waals surface area contributed by atoms with Crippen LogP contribution >= 0.6 is 0 Å². The zero-order valence-electron chi connectivity index (χ0n) is 17.5. The number of nitrogens with zero attached hydrogens (tertiary/aromatic N) is 3. The Morgan fingerprint density at radius 1 is 0.968 bits per heavy atom. The number of nitrogens with one attached hydrogen (secondary N) is 1. The van der Waals surface area contributed by atoms with Crippen molar-refractivity contribution < 1.29 is 17.9 Å². The SMILES string of the molecule is CCN1CCN(Cc2ccc(CN=C(N)Nc3ccc(OC(F)(F)F)cc3)cc2)CC1. The van der Waals surface area contributed by atoms with E-state index >= 15 is 0 Å². The lowest BCUT2D eigenvalue weighted by atomic mass is 10.1. The van der Waals surface area contributed by atoms with E-state index in [1.165, 1.54) is 29.8 Å². The van der Waals surface area contributed by atoms with Gasteiger partial charge in [0.05, 0.1) is 6.54 Å². The summed E-state index contributed by atoms with van der Waals surface area (Å²) in [5.41, 5.74) is 8.70. The monoisotopic (exact) mass is 435 g/mol. The zero-order chi connectivity index (χ0) is 22.3. The van der Waals surface area contributed by atoms with Crippen molar-refractivity contribution in [1.29, 1.82) is 0 Å². The standard InChI is InChI=1S/C22H28F3N5O/c1-2-29-11-13-30(14-12-29)16-18-5-3-17(4-6-18)15-27-21(26)28-19-7-9-20(10-8-19)31-22(23,24)25/h3-10H,2,11-16H2,1H3,(H3,26,27,28). The molecule has 0 bridgehead atoms. The molecule has 9 heteroatoms. The van der Waals surface area contributed by atoms with Crippen molar-refractivity contribution in [2.75, 3.05) is 38.0 Å². The van der Waals surface area contributed by atoms with E-state index in [1.54, 1.807) is 0 Å². The molecule has 0 aliphatic carbocycles. The van der Waals surface area contributed by atoms with Gasteiger partial charge >= 0.3 is 6.36 Å². The fourth-order valence-electron chi connectivity index (χ4n) is 3.38. The predicted octanol–water partition coefficient (Wildman–Crippen LogP) is 3.65. The summed E-state index contributed by atoms with van der Waals surface area (Å²) in [5.74, 6) is -0.108. The number of ether oxygens (including phenoxy) is 1. The van der Waals surface area contributed by atoms with Crippen molar-refractivity contribution in [1.82, 2.24) is 9.80 Å². The average Bonchev–Trinajstić information content (AvgIpc) is 2.74. The Bertz CT molecular complexity index is 845. The van der Waals surface area contributed by atoms with Crippen molar-refractivity contribution in [3.05, 3.63) is 59.7 Å². The molecule has 1 fully saturated rings. The first-order valence-corrected chi connectivity index (χ1v) is 10.3. The van der Waals surface area contributed by atoms with E-state index in [-0.39, 0.29) is 11.7 Å². The molecule has 1 saturated heterocycles. The minimum absolute atomic E-state index is 0.183. The maximum absolute atomic E-state index is 12.2. The van der Waals surface area contributed by atoms with Crippen LogP contribution in [0.25, 0.3) is 0 Å². The van der Waals surface area contributed by atoms with Gasteiger partial charge < -0.3 is 20.7 Å². The van der Waals surface area contributed by atoms with E-state index in [9.17, 15) is 13.2 Å². The molecule has 31 heavy (non-hydrogen) atoms. The van der Waals surface area contributed by atoms with E-state index in [0.29, 0.717) is 12.2 Å². The van der Waals surface area contributed by atoms with E-state index in [2.05, 4.69) is 43.9 Å². The van der Waals surface area contributed by atoms with Crippen LogP contribution in [-0.2, 0) is 13.1 Å². The molecule has 0 atom stereocenters. The van der Waals surface area contributed by atoms with Crippen LogP contribution in [-0.4, -0.2) is 54.8 Å². The van der Waals surface area contributed by atoms with Crippen molar-refractivity contribution >= 4 is 11.6 Å². The number of halogens is 3. The number of hydrogen-bond donors (Lipinski definition) is 2. The highest BCUT2D eigenvalue weighted by molar-refractivity contribution is 5.92. The quantitative estimate of drug-likeness (QED) is 0.513. The van der Waals surface area contributed by atoms with Gasteiger partial charge in [0.1, 0.15) is 5.75 Å². The van der Waals surface area contributed by atoms with Crippen LogP contribution in [0.3, 0.4) is 0 Å². The van der Waals surface area contributed by atoms with Crippen molar-refractivity contribution in [3.63, 3.8) is 0 Å². The molecule has 1 aliphatic rings. The van der Waals surface area contributed by atoms with Gasteiger partial charge in [-0.1, -0.05) is 31.2 Å². The number of guanidine groups is 1. The minimum Gasteiger partial charge on any atom is -0.406 e. The van der Waals surface area contributed by atoms with Gasteiger partial charge in [0, 0.05) is 38.4 Å². The van der Waals surface area contributed by atoms with E-state index in [4.69, 9.17) is 5.73 Å². The van der Waals surface area contributed by atoms with Gasteiger partial charge in [0.15, 0.2) is 5.96 Å². The third kappa shape index (κ3) is 7.76. The van der Waals surface area contributed by atoms with E-state index < -0.39 is 6.36 Å². The Morgan fingerprint density at radius 3 is 2.13 bits per heavy atom. The second-order valence-electron chi connectivity index (χ2n) is 7.43. The molecule has 0 amide bonds. The fraction of sp³-hybridized carbons (Fsp3) is 0.409. The Kier molecular flexibility index (Phi) is 7.75. The largest absolute Gasteiger partial charge is 0.573 e. The summed E-state index contributed by atoms with van der Waals surface area (Å²) in [7, 11) is 0. The number of alkyl halides is 3. The first-order valence-electron chi connectivity index (χ1n) is 10.3. The first-order chi connectivity index (χ1) is 14.8. The summed E-state index contributed by atoms with van der Waals surface area (Å²) in [5, 5.41) is 2.86. The van der Waals surface area contributed by atoms with Crippen LogP contribution in [0.1, 0.15) is 18.1 Å². The molecule has 3 N–H and O–H groups in total. The lowest BCUT2D eigenvalue weighted by Crippen LogP contribution is -2.45. The van der Waals surface area contributed by atoms with Crippen LogP contribution in [0.5, 0.6) is 5.75 Å². The number of likely N-dealkylation sites (N-methyl/N-ethyl adjacent to an activating group) is 1. The van der Waals surface area contributed by atoms with Crippen molar-refractivity contribution in [2.24, 2.45) is 10.7 Å². The van der Waals surface area contributed by atoms with Crippen LogP contribution in [0.2, 0.25) is 0 Å². The molecule has 168 valence electrons. The molecular weight excluding hydrogens is 407 g/mol. The topological polar surface area (TPSA) is 66.1 Å². The highest BCUT2D eigenvalue weighted by atomic mass is 19.4. The maximum Gasteiger partial charge on any atom is 0.573 e. The molecule has 2 aromatic rings. The summed E-state index contributed by atoms with van der Waals surface area (Å²) >= 11 is 0. The molecule has 1 aliphatic heterocycles. The van der Waals surface area contributed by atoms with Crippen LogP contribution in [0.4, 0.5) is 18.9 Å². The second-order valence-corrected chi connectivity index (χ2v) is 7.43. The number of piperazine rings is 1. The summed E-state index contributed by atoms with van der Waals surface area (Å²) in [4.78, 5) is 9.21. The van der Waals surface area contributed by atoms with Crippen molar-refractivity contribution in [3.8, 4) is 5.75 Å². The first kappa shape index (κ1) is 22.9. The molecular formula is C22H28F3N5O. The third-order valence-electron chi connectivity index (χ3n) is 5.13. The molecule has 0 saturated carbocycles. The van der Waals surface area contributed by atoms with Gasteiger partial charge in [-0.25, -0.2) is 4.99 Å². The predicted molar refractivity (Wildman–Crippen MR) is 116 cm³/mol. The maximum atomic E-state index is 12.2. The summed E-state index contributed by atoms with van der Waals surface area (Å²) in [6.45, 7) is 9.07. The van der Waals surface area contributed by atoms with Gasteiger partial charge in [0.2, 0.25) is 0 Å². The van der Waals surface area contributed by atoms with Crippen LogP contribution in [0, 0.1) is 0 Å². The van der Waals surface area contributed by atoms with Gasteiger partial charge in [-0.15, -0.1) is 13.2 Å². The molecule has 2 aromatic carbocycles. The molecule has 0 unspecified atom stereocenters. The summed E-state index contributed by atoms with van der Waals surface area (Å²) in [6.07, 6.45) is -4.71. The number of nitrogens with two attached hydrogens (primary N) is 1. The van der Waals surface area contributed by atoms with Crippen molar-refractivity contribution in [2.45, 2.75) is 26.4 Å². The summed E-state index contributed by atoms with van der Waals surface area (Å²) < 4.78 is 40.4. The highest BCUT2D eigenvalue weighted by Gasteiger charge is 2.30. The lowest BCUT2D eigenvalue weighted by Gasteiger charge is -2.34. The number of rotatable bonds is 7. The molecule has 0 aromatic heterocycles. The average molecular weight is 435 g/mol. The zero-order valence-corrected chi connectivity index (χ0v) is 17.5. The van der Waals surface area contributed by atoms with Gasteiger partial charge in [-0.3, -0.25) is 4.90 Å². The van der Waals surface area contributed by atoms with E-state index in [1.807, 2.05) is 12.1 Å². The molecule has 1 heterocycles. The number of aliphatic imine (C=N–C) groups is 1. The Labute approximate surface area is 180 Å². The van der Waals surface area contributed by atoms with Gasteiger partial charge in [-0.05, 0) is 41.9 Å². The lowest BCUT2D eigenvalue weighted by molar-refractivity contribution is -0.274. The highest BCUT2D eigenvalue weighted by Crippen LogP contribution is 2.23. The Hall–Kier alpha value is -2.78. The second kappa shape index (κ2) is 10.5. The van der Waals surface area contributed by atoms with Gasteiger partial charge in [0.25, 0.3) is 0 Å². The normalized spacial score (nSPS) is 16.3. The van der Waals surface area contributed by atoms with Gasteiger partial charge in [-0.2, -0.15) is 0 Å². The molecule has 3 rings (SSSR count). The fourth-order valence-corrected chi connectivity index (χ4v) is 3.38. The smallest absolute Gasteiger partial charge is 0.406 e. The number of hydrogen-bond acceptors (Lipinski definition) is 4. The Balaban J connectivity index is 1.46. The summed E-state index contributed by atoms with van der Waals surface area (Å²) in [6, 6.07) is 13.6. The third-order valence-corrected chi connectivity index (χ3v) is 5.13. The Morgan fingerprint density at radius 2 is 1.55 bits per heavy atom. The molecule has 6 nitrogen and oxygen atoms in total. The van der Waals surface area contributed by atoms with Crippen LogP contribution < -0.4 is 15.8 Å². The minimum atomic E-state index is -4.71. The molecule has 0 radical (unpaired) electrons. The molecule has 0 spiro atoms. The van der Waals surface area contributed by atoms with Crippen LogP contribution in [0.15, 0.2) is 53.5 Å². The number of anilines is 1. The van der Waals surface area contributed by atoms with E-state index in [0.717, 1.165) is 44.8 Å². The number of benzene rings is 2.